The lowest BCUT2D eigenvalue weighted by molar-refractivity contribution is 0.0476. The van der Waals surface area contributed by atoms with E-state index in [1.165, 1.54) is 0 Å². The lowest BCUT2D eigenvalue weighted by Gasteiger charge is -2.08. The molecule has 0 saturated carbocycles. The second kappa shape index (κ2) is 19.3. The normalized spacial score (nSPS) is 10.4. The average molecular weight is 647 g/mol. The number of benzene rings is 4. The van der Waals surface area contributed by atoms with Gasteiger partial charge in [0.25, 0.3) is 0 Å². The van der Waals surface area contributed by atoms with Gasteiger partial charge in [-0.25, -0.2) is 9.59 Å². The van der Waals surface area contributed by atoms with Gasteiger partial charge in [-0.2, -0.15) is 10.2 Å². The van der Waals surface area contributed by atoms with Crippen LogP contribution < -0.4 is 18.9 Å². The standard InChI is InChI=1S/C38H34N2O8/c1-3-23-43-33-15-7-29(8-16-33)37(41)47-27-5-25-45-35-19-11-31(12-20-35)39-40-32-13-21-36(22-14-32)46-26-6-28-48-38(42)30-9-17-34(18-10-30)44-24-4-2/h1-2,7-22H,5-6,23-28H2. The molecule has 0 N–H and O–H groups in total. The number of ether oxygens (including phenoxy) is 6. The van der Waals surface area contributed by atoms with Crippen molar-refractivity contribution < 1.29 is 38.0 Å². The molecule has 10 nitrogen and oxygen atoms in total. The van der Waals surface area contributed by atoms with Gasteiger partial charge in [-0.1, -0.05) is 11.8 Å². The highest BCUT2D eigenvalue weighted by Gasteiger charge is 2.08. The van der Waals surface area contributed by atoms with Crippen molar-refractivity contribution in [3.8, 4) is 47.7 Å². The number of nitrogens with zero attached hydrogens (tertiary/aromatic N) is 2. The summed E-state index contributed by atoms with van der Waals surface area (Å²) >= 11 is 0. The molecule has 244 valence electrons. The summed E-state index contributed by atoms with van der Waals surface area (Å²) in [4.78, 5) is 24.4. The molecule has 0 fully saturated rings. The van der Waals surface area contributed by atoms with E-state index in [0.717, 1.165) is 0 Å². The Labute approximate surface area is 279 Å². The van der Waals surface area contributed by atoms with Crippen LogP contribution in [0.1, 0.15) is 33.6 Å². The van der Waals surface area contributed by atoms with Crippen molar-refractivity contribution in [3.63, 3.8) is 0 Å². The third kappa shape index (κ3) is 11.9. The number of carbonyl (C=O) groups excluding carboxylic acids is 2. The van der Waals surface area contributed by atoms with Gasteiger partial charge >= 0.3 is 11.9 Å². The molecule has 0 heterocycles. The van der Waals surface area contributed by atoms with Crippen molar-refractivity contribution in [3.05, 3.63) is 108 Å². The van der Waals surface area contributed by atoms with Crippen molar-refractivity contribution >= 4 is 23.3 Å². The minimum atomic E-state index is -0.418. The quantitative estimate of drug-likeness (QED) is 0.0476. The highest BCUT2D eigenvalue weighted by molar-refractivity contribution is 5.90. The van der Waals surface area contributed by atoms with E-state index in [4.69, 9.17) is 41.3 Å². The smallest absolute Gasteiger partial charge is 0.338 e. The van der Waals surface area contributed by atoms with Gasteiger partial charge in [0, 0.05) is 12.8 Å². The molecular weight excluding hydrogens is 612 g/mol. The number of terminal acetylenes is 2. The zero-order valence-electron chi connectivity index (χ0n) is 26.2. The molecule has 4 aromatic rings. The summed E-state index contributed by atoms with van der Waals surface area (Å²) < 4.78 is 32.6. The van der Waals surface area contributed by atoms with Gasteiger partial charge in [-0.15, -0.1) is 12.8 Å². The van der Waals surface area contributed by atoms with E-state index in [0.29, 0.717) is 71.6 Å². The monoisotopic (exact) mass is 646 g/mol. The van der Waals surface area contributed by atoms with E-state index in [2.05, 4.69) is 22.1 Å². The fourth-order valence-electron chi connectivity index (χ4n) is 3.95. The molecule has 0 saturated heterocycles. The number of carbonyl (C=O) groups is 2. The van der Waals surface area contributed by atoms with Gasteiger partial charge < -0.3 is 28.4 Å². The lowest BCUT2D eigenvalue weighted by atomic mass is 10.2. The Morgan fingerprint density at radius 1 is 0.479 bits per heavy atom. The van der Waals surface area contributed by atoms with Crippen LogP contribution in [-0.4, -0.2) is 51.6 Å². The summed E-state index contributed by atoms with van der Waals surface area (Å²) in [5.41, 5.74) is 2.18. The minimum Gasteiger partial charge on any atom is -0.493 e. The van der Waals surface area contributed by atoms with E-state index in [9.17, 15) is 9.59 Å². The van der Waals surface area contributed by atoms with Crippen LogP contribution in [-0.2, 0) is 9.47 Å². The van der Waals surface area contributed by atoms with Gasteiger partial charge in [0.05, 0.1) is 48.9 Å². The first-order chi connectivity index (χ1) is 23.5. The first-order valence-corrected chi connectivity index (χ1v) is 15.1. The molecule has 0 aliphatic rings. The minimum absolute atomic E-state index is 0.165. The van der Waals surface area contributed by atoms with Crippen LogP contribution in [0.3, 0.4) is 0 Å². The predicted molar refractivity (Wildman–Crippen MR) is 179 cm³/mol. The van der Waals surface area contributed by atoms with Crippen molar-refractivity contribution in [2.24, 2.45) is 10.2 Å². The van der Waals surface area contributed by atoms with E-state index < -0.39 is 11.9 Å². The molecule has 0 radical (unpaired) electrons. The summed E-state index contributed by atoms with van der Waals surface area (Å²) in [6, 6.07) is 27.6. The molecule has 0 aliphatic heterocycles. The van der Waals surface area contributed by atoms with Gasteiger partial charge in [-0.3, -0.25) is 0 Å². The Balaban J connectivity index is 1.08. The lowest BCUT2D eigenvalue weighted by Crippen LogP contribution is -2.09. The van der Waals surface area contributed by atoms with Crippen LogP contribution in [0.15, 0.2) is 107 Å². The van der Waals surface area contributed by atoms with Gasteiger partial charge in [0.2, 0.25) is 0 Å². The maximum Gasteiger partial charge on any atom is 0.338 e. The van der Waals surface area contributed by atoms with Crippen LogP contribution in [0.25, 0.3) is 0 Å². The fraction of sp³-hybridized carbons (Fsp3) is 0.211. The van der Waals surface area contributed by atoms with Crippen LogP contribution in [0.2, 0.25) is 0 Å². The Hall–Kier alpha value is -6.26. The summed E-state index contributed by atoms with van der Waals surface area (Å²) in [5.74, 6) is 6.44. The van der Waals surface area contributed by atoms with Crippen molar-refractivity contribution in [1.82, 2.24) is 0 Å². The third-order valence-electron chi connectivity index (χ3n) is 6.36. The molecule has 0 unspecified atom stereocenters. The summed E-state index contributed by atoms with van der Waals surface area (Å²) in [5, 5.41) is 8.52. The van der Waals surface area contributed by atoms with Crippen LogP contribution in [0, 0.1) is 24.7 Å². The number of hydrogen-bond acceptors (Lipinski definition) is 10. The largest absolute Gasteiger partial charge is 0.493 e. The SMILES string of the molecule is C#CCOc1ccc(C(=O)OCCCOc2ccc(N=Nc3ccc(OCCCOC(=O)c4ccc(OCC#C)cc4)cc3)cc2)cc1. The van der Waals surface area contributed by atoms with Crippen LogP contribution >= 0.6 is 0 Å². The van der Waals surface area contributed by atoms with Gasteiger partial charge in [0.15, 0.2) is 0 Å². The number of hydrogen-bond donors (Lipinski definition) is 0. The molecule has 48 heavy (non-hydrogen) atoms. The second-order valence-electron chi connectivity index (χ2n) is 9.90. The molecular formula is C38H34N2O8. The van der Waals surface area contributed by atoms with Gasteiger partial charge in [0.1, 0.15) is 36.2 Å². The first kappa shape index (κ1) is 34.6. The average Bonchev–Trinajstić information content (AvgIpc) is 3.13. The molecule has 4 rings (SSSR count). The predicted octanol–water partition coefficient (Wildman–Crippen LogP) is 7.38. The molecule has 0 amide bonds. The fourth-order valence-corrected chi connectivity index (χ4v) is 3.95. The zero-order chi connectivity index (χ0) is 33.8. The highest BCUT2D eigenvalue weighted by Crippen LogP contribution is 2.23. The molecule has 4 aromatic carbocycles. The summed E-state index contributed by atoms with van der Waals surface area (Å²) in [6.07, 6.45) is 11.4. The van der Waals surface area contributed by atoms with Crippen molar-refractivity contribution in [2.45, 2.75) is 12.8 Å². The van der Waals surface area contributed by atoms with E-state index in [1.54, 1.807) is 97.1 Å². The Bertz CT molecular complexity index is 1570. The van der Waals surface area contributed by atoms with Crippen molar-refractivity contribution in [1.29, 1.82) is 0 Å². The van der Waals surface area contributed by atoms with E-state index >= 15 is 0 Å². The van der Waals surface area contributed by atoms with E-state index in [1.807, 2.05) is 0 Å². The number of esters is 2. The van der Waals surface area contributed by atoms with Crippen LogP contribution in [0.5, 0.6) is 23.0 Å². The molecule has 0 aliphatic carbocycles. The third-order valence-corrected chi connectivity index (χ3v) is 6.36. The second-order valence-corrected chi connectivity index (χ2v) is 9.90. The summed E-state index contributed by atoms with van der Waals surface area (Å²) in [6.45, 7) is 1.54. The number of azo groups is 1. The molecule has 0 bridgehead atoms. The zero-order valence-corrected chi connectivity index (χ0v) is 26.2. The first-order valence-electron chi connectivity index (χ1n) is 15.1. The Morgan fingerprint density at radius 2 is 0.812 bits per heavy atom. The van der Waals surface area contributed by atoms with Crippen LogP contribution in [0.4, 0.5) is 11.4 Å². The Kier molecular flexibility index (Phi) is 13.9. The van der Waals surface area contributed by atoms with Crippen molar-refractivity contribution in [2.75, 3.05) is 39.6 Å². The molecule has 10 heteroatoms. The Morgan fingerprint density at radius 3 is 1.17 bits per heavy atom. The molecule has 0 atom stereocenters. The highest BCUT2D eigenvalue weighted by atomic mass is 16.5. The van der Waals surface area contributed by atoms with Gasteiger partial charge in [-0.05, 0) is 97.1 Å². The molecule has 0 aromatic heterocycles. The van der Waals surface area contributed by atoms with E-state index in [-0.39, 0.29) is 26.4 Å². The summed E-state index contributed by atoms with van der Waals surface area (Å²) in [7, 11) is 0. The maximum atomic E-state index is 12.2. The molecule has 0 spiro atoms. The topological polar surface area (TPSA) is 114 Å². The number of rotatable bonds is 18. The maximum absolute atomic E-state index is 12.2.